The summed E-state index contributed by atoms with van der Waals surface area (Å²) in [6.45, 7) is 0. The van der Waals surface area contributed by atoms with Crippen molar-refractivity contribution < 1.29 is 0 Å². The zero-order valence-electron chi connectivity index (χ0n) is 24.7. The minimum absolute atomic E-state index is 0.410. The number of rotatable bonds is 3. The maximum atomic E-state index is 5.44. The standard InChI is InChI=1S/C40H25N3.H2S/c1-3-13-26(14-4-1)37-41-38(27-15-5-2-6-16-27)43-39(42-37)28-23-24-32-31-19-9-12-22-35(31)40(36(32)25-28)33-20-10-7-17-29(33)30-18-8-11-21-34(30)40;/h1-25H;1H2/i/hT. The van der Waals surface area contributed by atoms with Crippen LogP contribution in [0.5, 0.6) is 0 Å². The van der Waals surface area contributed by atoms with E-state index >= 15 is 0 Å². The largest absolute Gasteiger partial charge is 0.208 e. The van der Waals surface area contributed by atoms with Crippen molar-refractivity contribution in [3.8, 4) is 56.4 Å². The summed E-state index contributed by atoms with van der Waals surface area (Å²) in [6.07, 6.45) is 0. The SMILES string of the molecule is [3H]S.c1ccc(-c2nc(-c3ccccc3)nc(-c3ccc4c(c3)C3(c5ccccc5-c5ccccc53)c3ccccc3-4)n2)cc1. The molecule has 0 aliphatic heterocycles. The van der Waals surface area contributed by atoms with Gasteiger partial charge < -0.3 is 0 Å². The Morgan fingerprint density at radius 3 is 1.18 bits per heavy atom. The molecule has 0 bridgehead atoms. The van der Waals surface area contributed by atoms with Crippen LogP contribution in [0.3, 0.4) is 0 Å². The summed E-state index contributed by atoms with van der Waals surface area (Å²) in [7, 11) is 0. The molecule has 0 unspecified atom stereocenters. The van der Waals surface area contributed by atoms with Gasteiger partial charge in [0.15, 0.2) is 17.5 Å². The fourth-order valence-corrected chi connectivity index (χ4v) is 7.17. The Morgan fingerprint density at radius 1 is 0.364 bits per heavy atom. The first-order valence-electron chi connectivity index (χ1n) is 15.1. The molecule has 0 fully saturated rings. The Bertz CT molecular complexity index is 2080. The van der Waals surface area contributed by atoms with Crippen molar-refractivity contribution in [2.45, 2.75) is 5.41 Å². The first-order chi connectivity index (χ1) is 22.3. The molecule has 1 heterocycles. The van der Waals surface area contributed by atoms with Crippen LogP contribution in [0.2, 0.25) is 0 Å². The van der Waals surface area contributed by atoms with Gasteiger partial charge >= 0.3 is 0 Å². The second kappa shape index (κ2) is 10.1. The van der Waals surface area contributed by atoms with Gasteiger partial charge in [-0.1, -0.05) is 146 Å². The van der Waals surface area contributed by atoms with Gasteiger partial charge in [-0.3, -0.25) is 0 Å². The lowest BCUT2D eigenvalue weighted by atomic mass is 9.70. The molecule has 9 rings (SSSR count). The maximum absolute atomic E-state index is 5.44. The topological polar surface area (TPSA) is 38.7 Å². The molecule has 0 N–H and O–H groups in total. The Labute approximate surface area is 264 Å². The molecule has 0 saturated heterocycles. The number of benzene rings is 6. The summed E-state index contributed by atoms with van der Waals surface area (Å²) in [4.78, 5) is 15.0. The summed E-state index contributed by atoms with van der Waals surface area (Å²) in [5, 5.41) is 0. The number of nitrogens with zero attached hydrogens (tertiary/aromatic N) is 3. The molecule has 3 nitrogen and oxygen atoms in total. The van der Waals surface area contributed by atoms with Crippen molar-refractivity contribution in [1.82, 2.24) is 15.0 Å². The van der Waals surface area contributed by atoms with Crippen LogP contribution in [0.4, 0.5) is 0 Å². The summed E-state index contributed by atoms with van der Waals surface area (Å²) >= 11 is 2.78. The molecule has 0 saturated carbocycles. The average molecular weight is 584 g/mol. The summed E-state index contributed by atoms with van der Waals surface area (Å²) in [5.41, 5.74) is 12.9. The Morgan fingerprint density at radius 2 is 0.727 bits per heavy atom. The van der Waals surface area contributed by atoms with Crippen molar-refractivity contribution in [2.75, 3.05) is 0 Å². The van der Waals surface area contributed by atoms with Gasteiger partial charge in [0, 0.05) is 16.7 Å². The van der Waals surface area contributed by atoms with E-state index in [1.165, 1.54) is 44.5 Å². The third kappa shape index (κ3) is 3.68. The van der Waals surface area contributed by atoms with Gasteiger partial charge in [0.1, 0.15) is 0 Å². The van der Waals surface area contributed by atoms with Crippen LogP contribution < -0.4 is 0 Å². The third-order valence-corrected chi connectivity index (χ3v) is 8.95. The summed E-state index contributed by atoms with van der Waals surface area (Å²) in [5.74, 6) is 2.00. The van der Waals surface area contributed by atoms with Crippen molar-refractivity contribution >= 4 is 13.4 Å². The zero-order chi connectivity index (χ0) is 30.4. The maximum Gasteiger partial charge on any atom is 0.164 e. The van der Waals surface area contributed by atoms with Crippen LogP contribution in [0.15, 0.2) is 152 Å². The molecule has 0 radical (unpaired) electrons. The van der Waals surface area contributed by atoms with E-state index in [1.54, 1.807) is 0 Å². The second-order valence-electron chi connectivity index (χ2n) is 11.2. The van der Waals surface area contributed by atoms with E-state index in [0.717, 1.165) is 16.7 Å². The highest BCUT2D eigenvalue weighted by Crippen LogP contribution is 2.62. The number of fused-ring (bicyclic) bond motifs is 10. The number of aromatic nitrogens is 3. The molecule has 0 atom stereocenters. The van der Waals surface area contributed by atoms with Gasteiger partial charge in [-0.2, -0.15) is 13.4 Å². The first-order valence-corrected chi connectivity index (χ1v) is 14.6. The Hall–Kier alpha value is -5.32. The van der Waals surface area contributed by atoms with Crippen LogP contribution in [0, 0.1) is 0 Å². The summed E-state index contributed by atoms with van der Waals surface area (Å²) < 4.78 is 5.44. The van der Waals surface area contributed by atoms with E-state index in [-0.39, 0.29) is 0 Å². The smallest absolute Gasteiger partial charge is 0.164 e. The van der Waals surface area contributed by atoms with E-state index in [9.17, 15) is 0 Å². The fourth-order valence-electron chi connectivity index (χ4n) is 7.17. The van der Waals surface area contributed by atoms with Crippen molar-refractivity contribution in [3.05, 3.63) is 174 Å². The van der Waals surface area contributed by atoms with Crippen LogP contribution in [-0.2, 0) is 5.41 Å². The molecule has 44 heavy (non-hydrogen) atoms. The molecule has 2 aliphatic carbocycles. The van der Waals surface area contributed by atoms with E-state index < -0.39 is 5.41 Å². The Kier molecular flexibility index (Phi) is 5.81. The minimum atomic E-state index is -0.410. The first kappa shape index (κ1) is 25.2. The normalized spacial score (nSPS) is 13.2. The predicted molar refractivity (Wildman–Crippen MR) is 183 cm³/mol. The molecule has 4 heteroatoms. The quantitative estimate of drug-likeness (QED) is 0.208. The van der Waals surface area contributed by atoms with Gasteiger partial charge in [0.05, 0.1) is 6.54 Å². The lowest BCUT2D eigenvalue weighted by Gasteiger charge is -2.30. The molecule has 1 spiro atoms. The highest BCUT2D eigenvalue weighted by Gasteiger charge is 2.51. The number of hydrogen-bond donors (Lipinski definition) is 0. The van der Waals surface area contributed by atoms with E-state index in [0.29, 0.717) is 17.5 Å². The molecule has 7 aromatic rings. The Balaban J connectivity index is 0.00000147. The van der Waals surface area contributed by atoms with Gasteiger partial charge in [-0.05, 0) is 50.6 Å². The predicted octanol–water partition coefficient (Wildman–Crippen LogP) is 9.33. The van der Waals surface area contributed by atoms with Crippen LogP contribution in [-0.4, -0.2) is 16.1 Å². The molecule has 208 valence electrons. The third-order valence-electron chi connectivity index (χ3n) is 8.95. The van der Waals surface area contributed by atoms with Gasteiger partial charge in [0.25, 0.3) is 0 Å². The van der Waals surface area contributed by atoms with Crippen LogP contribution in [0.1, 0.15) is 22.3 Å². The van der Waals surface area contributed by atoms with Crippen molar-refractivity contribution in [2.24, 2.45) is 0 Å². The fraction of sp³-hybridized carbons (Fsp3) is 0.0250. The average Bonchev–Trinajstić information content (AvgIpc) is 3.60. The van der Waals surface area contributed by atoms with E-state index in [2.05, 4.69) is 129 Å². The highest BCUT2D eigenvalue weighted by atomic mass is 32.1. The van der Waals surface area contributed by atoms with E-state index in [4.69, 9.17) is 16.1 Å². The van der Waals surface area contributed by atoms with Gasteiger partial charge in [-0.25, -0.2) is 15.0 Å². The number of hydrogen-bond acceptors (Lipinski definition) is 3. The molecular weight excluding hydrogens is 555 g/mol. The lowest BCUT2D eigenvalue weighted by molar-refractivity contribution is 0.794. The lowest BCUT2D eigenvalue weighted by Crippen LogP contribution is -2.25. The highest BCUT2D eigenvalue weighted by molar-refractivity contribution is 7.59. The van der Waals surface area contributed by atoms with Gasteiger partial charge in [0.2, 0.25) is 0 Å². The van der Waals surface area contributed by atoms with Crippen LogP contribution in [0.25, 0.3) is 56.4 Å². The van der Waals surface area contributed by atoms with Crippen LogP contribution >= 0.6 is 13.4 Å². The minimum Gasteiger partial charge on any atom is -0.208 e. The van der Waals surface area contributed by atoms with Gasteiger partial charge in [-0.15, -0.1) is 0 Å². The van der Waals surface area contributed by atoms with Crippen molar-refractivity contribution in [3.63, 3.8) is 0 Å². The molecule has 6 aromatic carbocycles. The second-order valence-corrected chi connectivity index (χ2v) is 11.2. The van der Waals surface area contributed by atoms with Crippen molar-refractivity contribution in [1.29, 1.82) is 1.12 Å². The molecule has 1 aromatic heterocycles. The van der Waals surface area contributed by atoms with E-state index in [1.807, 2.05) is 36.4 Å². The summed E-state index contributed by atoms with van der Waals surface area (Å²) in [6, 6.07) is 53.7. The molecule has 0 amide bonds. The zero-order valence-corrected chi connectivity index (χ0v) is 24.6. The molecular formula is C40H27N3S. The monoisotopic (exact) mass is 583 g/mol. The molecule has 2 aliphatic rings.